The topological polar surface area (TPSA) is 41.8 Å². The summed E-state index contributed by atoms with van der Waals surface area (Å²) in [5, 5.41) is 8.81. The lowest BCUT2D eigenvalue weighted by atomic mass is 10.0. The quantitative estimate of drug-likeness (QED) is 0.509. The Hall–Kier alpha value is -1.09. The van der Waals surface area contributed by atoms with Gasteiger partial charge in [-0.15, -0.1) is 0 Å². The minimum Gasteiger partial charge on any atom is -0.491 e. The van der Waals surface area contributed by atoms with Crippen molar-refractivity contribution in [2.24, 2.45) is 4.99 Å². The molecule has 0 aromatic carbocycles. The Morgan fingerprint density at radius 1 is 1.26 bits per heavy atom. The van der Waals surface area contributed by atoms with Crippen LogP contribution in [0.4, 0.5) is 0 Å². The lowest BCUT2D eigenvalue weighted by molar-refractivity contribution is 0.141. The summed E-state index contributed by atoms with van der Waals surface area (Å²) in [5.74, 6) is 0.878. The van der Waals surface area contributed by atoms with E-state index in [-0.39, 0.29) is 12.7 Å². The highest BCUT2D eigenvalue weighted by molar-refractivity contribution is 5.79. The molecule has 0 heterocycles. The Labute approximate surface area is 118 Å². The van der Waals surface area contributed by atoms with Gasteiger partial charge in [-0.05, 0) is 57.3 Å². The molecule has 0 bridgehead atoms. The van der Waals surface area contributed by atoms with Gasteiger partial charge in [-0.3, -0.25) is 4.99 Å². The molecule has 3 heteroatoms. The predicted molar refractivity (Wildman–Crippen MR) is 82.6 cm³/mol. The fraction of sp³-hybridized carbons (Fsp3) is 0.688. The van der Waals surface area contributed by atoms with Crippen LogP contribution in [-0.4, -0.2) is 30.6 Å². The van der Waals surface area contributed by atoms with E-state index < -0.39 is 0 Å². The first-order valence-electron chi connectivity index (χ1n) is 7.24. The second-order valence-corrected chi connectivity index (χ2v) is 4.53. The normalized spacial score (nSPS) is 15.6. The summed E-state index contributed by atoms with van der Waals surface area (Å²) in [6.45, 7) is 11.3. The fourth-order valence-corrected chi connectivity index (χ4v) is 1.90. The molecule has 0 fully saturated rings. The number of hydrogen-bond acceptors (Lipinski definition) is 3. The van der Waals surface area contributed by atoms with Gasteiger partial charge in [0.1, 0.15) is 6.10 Å². The lowest BCUT2D eigenvalue weighted by Crippen LogP contribution is -2.14. The molecule has 0 amide bonds. The first-order valence-corrected chi connectivity index (χ1v) is 7.24. The van der Waals surface area contributed by atoms with Crippen LogP contribution >= 0.6 is 0 Å². The van der Waals surface area contributed by atoms with Gasteiger partial charge in [0.05, 0.1) is 5.76 Å². The smallest absolute Gasteiger partial charge is 0.119 e. The van der Waals surface area contributed by atoms with Crippen molar-refractivity contribution in [1.29, 1.82) is 0 Å². The standard InChI is InChI=1S/C16H29NO2/c1-6-15(12-17-8-3)14(5)16(7-2)19-13(4)10-9-11-18/h10,12,16,18H,6-9,11H2,1-5H3/b13-10+,15-14+,17-12-. The molecule has 0 rings (SSSR count). The number of rotatable bonds is 9. The molecular weight excluding hydrogens is 238 g/mol. The van der Waals surface area contributed by atoms with Crippen LogP contribution in [0.25, 0.3) is 0 Å². The summed E-state index contributed by atoms with van der Waals surface area (Å²) in [6, 6.07) is 0. The summed E-state index contributed by atoms with van der Waals surface area (Å²) in [7, 11) is 0. The predicted octanol–water partition coefficient (Wildman–Crippen LogP) is 3.89. The number of nitrogens with zero attached hydrogens (tertiary/aromatic N) is 1. The minimum absolute atomic E-state index is 0.0909. The highest BCUT2D eigenvalue weighted by atomic mass is 16.5. The van der Waals surface area contributed by atoms with Crippen LogP contribution in [0.1, 0.15) is 53.9 Å². The zero-order valence-electron chi connectivity index (χ0n) is 13.1. The Bertz CT molecular complexity index is 330. The number of allylic oxidation sites excluding steroid dienone is 2. The van der Waals surface area contributed by atoms with E-state index in [1.165, 1.54) is 11.1 Å². The third kappa shape index (κ3) is 7.16. The molecule has 1 N–H and O–H groups in total. The fourth-order valence-electron chi connectivity index (χ4n) is 1.90. The molecule has 1 atom stereocenters. The van der Waals surface area contributed by atoms with E-state index in [0.717, 1.165) is 25.1 Å². The molecule has 0 aliphatic heterocycles. The highest BCUT2D eigenvalue weighted by Gasteiger charge is 2.13. The van der Waals surface area contributed by atoms with Gasteiger partial charge in [-0.1, -0.05) is 13.8 Å². The molecule has 0 aliphatic rings. The summed E-state index contributed by atoms with van der Waals surface area (Å²) in [6.07, 6.45) is 6.53. The molecule has 19 heavy (non-hydrogen) atoms. The SMILES string of the molecule is CC/N=C\C(CC)=C(/C)C(CC)O/C(C)=C/CCO. The minimum atomic E-state index is 0.0909. The second kappa shape index (κ2) is 10.8. The van der Waals surface area contributed by atoms with Crippen molar-refractivity contribution in [3.8, 4) is 0 Å². The molecular formula is C16H29NO2. The average Bonchev–Trinajstić information content (AvgIpc) is 2.42. The van der Waals surface area contributed by atoms with Gasteiger partial charge in [-0.2, -0.15) is 0 Å². The number of aliphatic hydroxyl groups excluding tert-OH is 1. The summed E-state index contributed by atoms with van der Waals surface area (Å²) >= 11 is 0. The highest BCUT2D eigenvalue weighted by Crippen LogP contribution is 2.19. The third-order valence-corrected chi connectivity index (χ3v) is 3.06. The van der Waals surface area contributed by atoms with Crippen molar-refractivity contribution in [2.45, 2.75) is 60.0 Å². The molecule has 3 nitrogen and oxygen atoms in total. The number of ether oxygens (including phenoxy) is 1. The molecule has 110 valence electrons. The average molecular weight is 267 g/mol. The van der Waals surface area contributed by atoms with Gasteiger partial charge >= 0.3 is 0 Å². The largest absolute Gasteiger partial charge is 0.491 e. The van der Waals surface area contributed by atoms with Crippen molar-refractivity contribution in [2.75, 3.05) is 13.2 Å². The molecule has 0 aromatic heterocycles. The zero-order valence-corrected chi connectivity index (χ0v) is 13.1. The van der Waals surface area contributed by atoms with Gasteiger partial charge in [0.15, 0.2) is 0 Å². The Kier molecular flexibility index (Phi) is 10.2. The van der Waals surface area contributed by atoms with Crippen LogP contribution in [0.2, 0.25) is 0 Å². The molecule has 0 saturated carbocycles. The van der Waals surface area contributed by atoms with E-state index in [1.807, 2.05) is 26.1 Å². The van der Waals surface area contributed by atoms with Crippen molar-refractivity contribution in [3.05, 3.63) is 23.0 Å². The third-order valence-electron chi connectivity index (χ3n) is 3.06. The van der Waals surface area contributed by atoms with E-state index in [2.05, 4.69) is 25.8 Å². The summed E-state index contributed by atoms with van der Waals surface area (Å²) in [5.41, 5.74) is 2.50. The van der Waals surface area contributed by atoms with Gasteiger partial charge < -0.3 is 9.84 Å². The van der Waals surface area contributed by atoms with Gasteiger partial charge in [0.2, 0.25) is 0 Å². The van der Waals surface area contributed by atoms with Crippen molar-refractivity contribution < 1.29 is 9.84 Å². The van der Waals surface area contributed by atoms with E-state index in [1.54, 1.807) is 0 Å². The van der Waals surface area contributed by atoms with E-state index in [4.69, 9.17) is 9.84 Å². The van der Waals surface area contributed by atoms with Crippen molar-refractivity contribution in [3.63, 3.8) is 0 Å². The molecule has 0 aliphatic carbocycles. The molecule has 1 unspecified atom stereocenters. The van der Waals surface area contributed by atoms with Crippen LogP contribution in [0.5, 0.6) is 0 Å². The van der Waals surface area contributed by atoms with Gasteiger partial charge in [0.25, 0.3) is 0 Å². The van der Waals surface area contributed by atoms with Crippen molar-refractivity contribution >= 4 is 6.21 Å². The lowest BCUT2D eigenvalue weighted by Gasteiger charge is -2.21. The van der Waals surface area contributed by atoms with Crippen LogP contribution < -0.4 is 0 Å². The zero-order chi connectivity index (χ0) is 14.7. The summed E-state index contributed by atoms with van der Waals surface area (Å²) in [4.78, 5) is 4.32. The number of aliphatic imine (C=N–C) groups is 1. The van der Waals surface area contributed by atoms with Gasteiger partial charge in [0, 0.05) is 19.4 Å². The maximum atomic E-state index is 8.81. The molecule has 0 radical (unpaired) electrons. The maximum Gasteiger partial charge on any atom is 0.119 e. The Balaban J connectivity index is 4.91. The molecule has 0 spiro atoms. The van der Waals surface area contributed by atoms with Crippen molar-refractivity contribution in [1.82, 2.24) is 0 Å². The number of hydrogen-bond donors (Lipinski definition) is 1. The monoisotopic (exact) mass is 267 g/mol. The Morgan fingerprint density at radius 3 is 2.42 bits per heavy atom. The first-order chi connectivity index (χ1) is 9.10. The van der Waals surface area contributed by atoms with Crippen LogP contribution in [0.3, 0.4) is 0 Å². The molecule has 0 saturated heterocycles. The van der Waals surface area contributed by atoms with Crippen LogP contribution in [0.15, 0.2) is 28.0 Å². The van der Waals surface area contributed by atoms with Crippen LogP contribution in [0, 0.1) is 0 Å². The molecule has 0 aromatic rings. The van der Waals surface area contributed by atoms with E-state index >= 15 is 0 Å². The number of aliphatic hydroxyl groups is 1. The van der Waals surface area contributed by atoms with Crippen LogP contribution in [-0.2, 0) is 4.74 Å². The van der Waals surface area contributed by atoms with E-state index in [9.17, 15) is 0 Å². The first kappa shape index (κ1) is 17.9. The van der Waals surface area contributed by atoms with E-state index in [0.29, 0.717) is 6.42 Å². The summed E-state index contributed by atoms with van der Waals surface area (Å²) < 4.78 is 5.96. The Morgan fingerprint density at radius 2 is 1.95 bits per heavy atom. The van der Waals surface area contributed by atoms with Gasteiger partial charge in [-0.25, -0.2) is 0 Å². The second-order valence-electron chi connectivity index (χ2n) is 4.53. The maximum absolute atomic E-state index is 8.81.